The van der Waals surface area contributed by atoms with Crippen LogP contribution in [-0.2, 0) is 0 Å². The maximum Gasteiger partial charge on any atom is 0.102 e. The number of anilines is 1. The third-order valence-electron chi connectivity index (χ3n) is 2.73. The van der Waals surface area contributed by atoms with E-state index in [1.807, 2.05) is 25.1 Å². The largest absolute Gasteiger partial charge is 0.399 e. The van der Waals surface area contributed by atoms with Crippen molar-refractivity contribution < 1.29 is 0 Å². The summed E-state index contributed by atoms with van der Waals surface area (Å²) in [7, 11) is 3.79. The van der Waals surface area contributed by atoms with Crippen molar-refractivity contribution >= 4 is 17.7 Å². The Labute approximate surface area is 101 Å². The van der Waals surface area contributed by atoms with Crippen molar-refractivity contribution in [3.05, 3.63) is 23.3 Å². The fourth-order valence-corrected chi connectivity index (χ4v) is 1.79. The molecule has 0 unspecified atom stereocenters. The summed E-state index contributed by atoms with van der Waals surface area (Å²) < 4.78 is 0. The highest BCUT2D eigenvalue weighted by molar-refractivity contribution is 5.71. The van der Waals surface area contributed by atoms with Crippen LogP contribution in [0.3, 0.4) is 0 Å². The molecule has 0 aromatic heterocycles. The second-order valence-electron chi connectivity index (χ2n) is 4.60. The molecule has 1 aromatic carbocycles. The van der Waals surface area contributed by atoms with E-state index in [4.69, 9.17) is 5.73 Å². The molecule has 0 spiro atoms. The van der Waals surface area contributed by atoms with E-state index in [0.29, 0.717) is 22.9 Å². The second-order valence-corrected chi connectivity index (χ2v) is 4.60. The number of benzene rings is 1. The fraction of sp³-hybridized carbons (Fsp3) is 0.385. The first-order valence-electron chi connectivity index (χ1n) is 5.66. The topological polar surface area (TPSA) is 65.4 Å². The molecule has 1 aliphatic rings. The summed E-state index contributed by atoms with van der Waals surface area (Å²) in [5.74, 6) is 0.501. The van der Waals surface area contributed by atoms with Gasteiger partial charge in [0, 0.05) is 19.8 Å². The number of nitrogens with zero attached hydrogens (tertiary/aromatic N) is 3. The zero-order chi connectivity index (χ0) is 12.4. The van der Waals surface area contributed by atoms with E-state index in [-0.39, 0.29) is 0 Å². The van der Waals surface area contributed by atoms with Crippen LogP contribution < -0.4 is 5.73 Å². The van der Waals surface area contributed by atoms with Crippen molar-refractivity contribution in [2.75, 3.05) is 19.8 Å². The van der Waals surface area contributed by atoms with Gasteiger partial charge in [0.05, 0.1) is 17.6 Å². The molecule has 0 heterocycles. The van der Waals surface area contributed by atoms with Crippen molar-refractivity contribution in [1.29, 1.82) is 5.26 Å². The van der Waals surface area contributed by atoms with Crippen molar-refractivity contribution in [2.24, 2.45) is 4.99 Å². The Kier molecular flexibility index (Phi) is 3.01. The lowest BCUT2D eigenvalue weighted by molar-refractivity contribution is 0.643. The minimum Gasteiger partial charge on any atom is -0.399 e. The summed E-state index contributed by atoms with van der Waals surface area (Å²) in [5, 5.41) is 9.25. The van der Waals surface area contributed by atoms with E-state index in [0.717, 1.165) is 18.4 Å². The predicted molar refractivity (Wildman–Crippen MR) is 69.4 cm³/mol. The lowest BCUT2D eigenvalue weighted by Crippen LogP contribution is -2.07. The first-order chi connectivity index (χ1) is 8.11. The maximum absolute atomic E-state index is 9.25. The molecule has 17 heavy (non-hydrogen) atoms. The van der Waals surface area contributed by atoms with E-state index in [9.17, 15) is 5.26 Å². The Morgan fingerprint density at radius 2 is 2.18 bits per heavy atom. The summed E-state index contributed by atoms with van der Waals surface area (Å²) in [4.78, 5) is 6.14. The van der Waals surface area contributed by atoms with Crippen LogP contribution >= 0.6 is 0 Å². The van der Waals surface area contributed by atoms with E-state index in [1.165, 1.54) is 0 Å². The van der Waals surface area contributed by atoms with Crippen molar-refractivity contribution in [2.45, 2.75) is 18.8 Å². The number of nitriles is 1. The number of aliphatic imine (C=N–C) groups is 1. The molecule has 4 nitrogen and oxygen atoms in total. The highest BCUT2D eigenvalue weighted by Gasteiger charge is 2.27. The summed E-state index contributed by atoms with van der Waals surface area (Å²) in [5.41, 5.74) is 8.93. The molecule has 2 rings (SSSR count). The van der Waals surface area contributed by atoms with Crippen LogP contribution in [0, 0.1) is 11.3 Å². The van der Waals surface area contributed by atoms with Crippen molar-refractivity contribution in [3.63, 3.8) is 0 Å². The number of rotatable bonds is 3. The van der Waals surface area contributed by atoms with Crippen LogP contribution in [0.1, 0.15) is 29.9 Å². The summed E-state index contributed by atoms with van der Waals surface area (Å²) in [6, 6.07) is 5.91. The van der Waals surface area contributed by atoms with E-state index >= 15 is 0 Å². The molecule has 0 saturated heterocycles. The Morgan fingerprint density at radius 1 is 1.47 bits per heavy atom. The van der Waals surface area contributed by atoms with Crippen LogP contribution in [0.25, 0.3) is 0 Å². The van der Waals surface area contributed by atoms with Gasteiger partial charge in [-0.05, 0) is 36.5 Å². The first kappa shape index (κ1) is 11.5. The molecule has 1 fully saturated rings. The van der Waals surface area contributed by atoms with Crippen LogP contribution in [0.4, 0.5) is 11.4 Å². The van der Waals surface area contributed by atoms with Gasteiger partial charge >= 0.3 is 0 Å². The molecule has 1 aliphatic carbocycles. The highest BCUT2D eigenvalue weighted by Crippen LogP contribution is 2.44. The number of hydrogen-bond acceptors (Lipinski definition) is 3. The number of nitrogens with two attached hydrogens (primary N) is 1. The molecule has 0 atom stereocenters. The summed E-state index contributed by atoms with van der Waals surface area (Å²) in [6.45, 7) is 0. The third-order valence-corrected chi connectivity index (χ3v) is 2.73. The van der Waals surface area contributed by atoms with Gasteiger partial charge in [-0.25, -0.2) is 4.99 Å². The Balaban J connectivity index is 2.46. The zero-order valence-electron chi connectivity index (χ0n) is 10.1. The van der Waals surface area contributed by atoms with Crippen LogP contribution in [0.5, 0.6) is 0 Å². The third kappa shape index (κ3) is 2.56. The monoisotopic (exact) mass is 228 g/mol. The smallest absolute Gasteiger partial charge is 0.102 e. The number of hydrogen-bond donors (Lipinski definition) is 1. The minimum atomic E-state index is 0.501. The Bertz CT molecular complexity index is 493. The van der Waals surface area contributed by atoms with Crippen LogP contribution in [-0.4, -0.2) is 25.3 Å². The fourth-order valence-electron chi connectivity index (χ4n) is 1.79. The van der Waals surface area contributed by atoms with Crippen molar-refractivity contribution in [1.82, 2.24) is 4.90 Å². The van der Waals surface area contributed by atoms with Gasteiger partial charge in [-0.2, -0.15) is 5.26 Å². The Morgan fingerprint density at radius 3 is 2.71 bits per heavy atom. The quantitative estimate of drug-likeness (QED) is 0.490. The van der Waals surface area contributed by atoms with Crippen LogP contribution in [0.15, 0.2) is 17.1 Å². The molecule has 88 valence electrons. The average molecular weight is 228 g/mol. The van der Waals surface area contributed by atoms with E-state index in [2.05, 4.69) is 11.1 Å². The number of nitrogen functional groups attached to an aromatic ring is 1. The summed E-state index contributed by atoms with van der Waals surface area (Å²) in [6.07, 6.45) is 3.98. The van der Waals surface area contributed by atoms with Gasteiger partial charge in [-0.1, -0.05) is 0 Å². The molecule has 0 aliphatic heterocycles. The average Bonchev–Trinajstić information content (AvgIpc) is 3.09. The molecule has 2 N–H and O–H groups in total. The summed E-state index contributed by atoms with van der Waals surface area (Å²) >= 11 is 0. The SMILES string of the molecule is CN(C)/C=N/c1cc(N)cc(C2CC2)c1C#N. The van der Waals surface area contributed by atoms with Gasteiger partial charge in [0.25, 0.3) is 0 Å². The van der Waals surface area contributed by atoms with Gasteiger partial charge < -0.3 is 10.6 Å². The standard InChI is InChI=1S/C13H16N4/c1-17(2)8-16-13-6-10(15)5-11(9-3-4-9)12(13)7-14/h5-6,8-9H,3-4,15H2,1-2H3/b16-8+. The predicted octanol–water partition coefficient (Wildman–Crippen LogP) is 2.24. The molecule has 4 heteroatoms. The molecule has 0 bridgehead atoms. The van der Waals surface area contributed by atoms with Gasteiger partial charge in [-0.15, -0.1) is 0 Å². The second kappa shape index (κ2) is 4.46. The van der Waals surface area contributed by atoms with E-state index in [1.54, 1.807) is 12.4 Å². The normalized spacial score (nSPS) is 14.9. The van der Waals surface area contributed by atoms with Gasteiger partial charge in [0.2, 0.25) is 0 Å². The zero-order valence-corrected chi connectivity index (χ0v) is 10.1. The molecule has 1 saturated carbocycles. The Hall–Kier alpha value is -2.02. The molecule has 0 amide bonds. The van der Waals surface area contributed by atoms with Gasteiger partial charge in [0.15, 0.2) is 0 Å². The molecular formula is C13H16N4. The highest BCUT2D eigenvalue weighted by atomic mass is 15.1. The molecular weight excluding hydrogens is 212 g/mol. The maximum atomic E-state index is 9.25. The lowest BCUT2D eigenvalue weighted by atomic mass is 10.0. The van der Waals surface area contributed by atoms with Crippen LogP contribution in [0.2, 0.25) is 0 Å². The van der Waals surface area contributed by atoms with Gasteiger partial charge in [0.1, 0.15) is 6.07 Å². The molecule has 1 aromatic rings. The van der Waals surface area contributed by atoms with Crippen molar-refractivity contribution in [3.8, 4) is 6.07 Å². The first-order valence-corrected chi connectivity index (χ1v) is 5.66. The van der Waals surface area contributed by atoms with E-state index < -0.39 is 0 Å². The minimum absolute atomic E-state index is 0.501. The molecule has 0 radical (unpaired) electrons. The lowest BCUT2D eigenvalue weighted by Gasteiger charge is -2.08. The van der Waals surface area contributed by atoms with Gasteiger partial charge in [-0.3, -0.25) is 0 Å².